The smallest absolute Gasteiger partial charge is 0.254 e. The van der Waals surface area contributed by atoms with Crippen LogP contribution in [0.3, 0.4) is 0 Å². The topological polar surface area (TPSA) is 91.5 Å². The number of guanidine groups is 1. The molecule has 0 unspecified atom stereocenters. The van der Waals surface area contributed by atoms with E-state index < -0.39 is 0 Å². The summed E-state index contributed by atoms with van der Waals surface area (Å²) in [6, 6.07) is 10.1. The number of benzene rings is 1. The Labute approximate surface area is 172 Å². The molecule has 0 aliphatic heterocycles. The van der Waals surface area contributed by atoms with Gasteiger partial charge in [-0.3, -0.25) is 4.90 Å². The number of nitrogens with one attached hydrogen (secondary N) is 2. The molecule has 0 saturated carbocycles. The lowest BCUT2D eigenvalue weighted by molar-refractivity contribution is 0.182. The molecule has 4 N–H and O–H groups in total. The fraction of sp³-hybridized carbons (Fsp3) is 0.450. The van der Waals surface area contributed by atoms with Crippen molar-refractivity contribution in [2.45, 2.75) is 46.7 Å². The molecule has 152 valence electrons. The quantitative estimate of drug-likeness (QED) is 0.455. The van der Waals surface area contributed by atoms with Gasteiger partial charge in [-0.2, -0.15) is 9.98 Å². The zero-order valence-electron chi connectivity index (χ0n) is 17.2. The Balaban J connectivity index is 2.02. The summed E-state index contributed by atoms with van der Waals surface area (Å²) in [6.07, 6.45) is 0. The molecule has 28 heavy (non-hydrogen) atoms. The van der Waals surface area contributed by atoms with Gasteiger partial charge in [0.05, 0.1) is 0 Å². The summed E-state index contributed by atoms with van der Waals surface area (Å²) >= 11 is 5.89. The second-order valence-electron chi connectivity index (χ2n) is 7.18. The average Bonchev–Trinajstić information content (AvgIpc) is 2.59. The highest BCUT2D eigenvalue weighted by atomic mass is 35.5. The van der Waals surface area contributed by atoms with Gasteiger partial charge in [-0.1, -0.05) is 11.6 Å². The third-order valence-electron chi connectivity index (χ3n) is 4.18. The summed E-state index contributed by atoms with van der Waals surface area (Å²) in [5, 5.41) is 7.02. The molecular weight excluding hydrogens is 374 g/mol. The van der Waals surface area contributed by atoms with Crippen LogP contribution in [0.15, 0.2) is 35.3 Å². The van der Waals surface area contributed by atoms with Crippen molar-refractivity contribution in [3.63, 3.8) is 0 Å². The van der Waals surface area contributed by atoms with Crippen LogP contribution < -0.4 is 16.4 Å². The Morgan fingerprint density at radius 1 is 1.14 bits per heavy atom. The molecule has 0 bridgehead atoms. The molecule has 2 aromatic rings. The lowest BCUT2D eigenvalue weighted by Gasteiger charge is -2.30. The molecule has 0 aliphatic rings. The fourth-order valence-electron chi connectivity index (χ4n) is 2.94. The van der Waals surface area contributed by atoms with Gasteiger partial charge in [0.2, 0.25) is 5.96 Å². The van der Waals surface area contributed by atoms with E-state index in [1.165, 1.54) is 0 Å². The largest absolute Gasteiger partial charge is 0.369 e. The summed E-state index contributed by atoms with van der Waals surface area (Å²) < 4.78 is 0. The maximum absolute atomic E-state index is 5.98. The van der Waals surface area contributed by atoms with Crippen LogP contribution in [-0.2, 0) is 0 Å². The van der Waals surface area contributed by atoms with Crippen LogP contribution in [0.25, 0.3) is 0 Å². The van der Waals surface area contributed by atoms with Gasteiger partial charge in [0.25, 0.3) is 5.95 Å². The number of nitrogens with zero attached hydrogens (tertiary/aromatic N) is 4. The maximum atomic E-state index is 5.98. The van der Waals surface area contributed by atoms with Gasteiger partial charge in [-0.15, -0.1) is 0 Å². The Bertz CT molecular complexity index is 780. The van der Waals surface area contributed by atoms with Crippen LogP contribution in [-0.4, -0.2) is 46.0 Å². The Morgan fingerprint density at radius 3 is 2.39 bits per heavy atom. The van der Waals surface area contributed by atoms with Crippen molar-refractivity contribution >= 4 is 35.0 Å². The molecule has 8 heteroatoms. The standard InChI is InChI=1S/C20H30ClN7/c1-13(2)28(14(3)4)11-10-23-18-12-15(5)24-20(26-18)27-19(22)25-17-8-6-16(21)7-9-17/h6-9,12-14H,10-11H2,1-5H3,(H4,22,23,24,25,26,27). The van der Waals surface area contributed by atoms with E-state index in [9.17, 15) is 0 Å². The molecule has 1 aromatic heterocycles. The number of hydrogen-bond acceptors (Lipinski definition) is 5. The summed E-state index contributed by atoms with van der Waals surface area (Å²) in [4.78, 5) is 15.5. The van der Waals surface area contributed by atoms with Crippen LogP contribution >= 0.6 is 11.6 Å². The Kier molecular flexibility index (Phi) is 8.02. The zero-order chi connectivity index (χ0) is 20.7. The van der Waals surface area contributed by atoms with Gasteiger partial charge in [0.15, 0.2) is 0 Å². The molecule has 0 spiro atoms. The third kappa shape index (κ3) is 6.98. The number of hydrogen-bond donors (Lipinski definition) is 3. The van der Waals surface area contributed by atoms with E-state index in [4.69, 9.17) is 17.3 Å². The highest BCUT2D eigenvalue weighted by molar-refractivity contribution is 6.30. The van der Waals surface area contributed by atoms with Crippen molar-refractivity contribution in [3.8, 4) is 0 Å². The highest BCUT2D eigenvalue weighted by Gasteiger charge is 2.12. The van der Waals surface area contributed by atoms with Crippen molar-refractivity contribution in [3.05, 3.63) is 41.0 Å². The first-order chi connectivity index (χ1) is 13.2. The Morgan fingerprint density at radius 2 is 1.79 bits per heavy atom. The van der Waals surface area contributed by atoms with Gasteiger partial charge < -0.3 is 16.4 Å². The zero-order valence-corrected chi connectivity index (χ0v) is 18.0. The summed E-state index contributed by atoms with van der Waals surface area (Å²) in [5.41, 5.74) is 7.59. The predicted molar refractivity (Wildman–Crippen MR) is 119 cm³/mol. The highest BCUT2D eigenvalue weighted by Crippen LogP contribution is 2.15. The monoisotopic (exact) mass is 403 g/mol. The first kappa shape index (κ1) is 21.9. The van der Waals surface area contributed by atoms with E-state index in [0.29, 0.717) is 23.1 Å². The minimum Gasteiger partial charge on any atom is -0.369 e. The lowest BCUT2D eigenvalue weighted by Crippen LogP contribution is -2.40. The van der Waals surface area contributed by atoms with Crippen molar-refractivity contribution in [1.29, 1.82) is 0 Å². The SMILES string of the molecule is Cc1cc(NCCN(C(C)C)C(C)C)nc(/N=C(\N)Nc2ccc(Cl)cc2)n1. The molecule has 0 atom stereocenters. The van der Waals surface area contributed by atoms with Gasteiger partial charge in [0.1, 0.15) is 5.82 Å². The number of aromatic nitrogens is 2. The number of aliphatic imine (C=N–C) groups is 1. The van der Waals surface area contributed by atoms with Gasteiger partial charge in [-0.25, -0.2) is 4.98 Å². The Hall–Kier alpha value is -2.38. The van der Waals surface area contributed by atoms with E-state index in [1.54, 1.807) is 12.1 Å². The predicted octanol–water partition coefficient (Wildman–Crippen LogP) is 4.03. The maximum Gasteiger partial charge on any atom is 0.254 e. The van der Waals surface area contributed by atoms with Gasteiger partial charge in [0, 0.05) is 47.6 Å². The van der Waals surface area contributed by atoms with E-state index >= 15 is 0 Å². The molecule has 1 aromatic carbocycles. The lowest BCUT2D eigenvalue weighted by atomic mass is 10.2. The van der Waals surface area contributed by atoms with E-state index in [0.717, 1.165) is 30.3 Å². The second kappa shape index (κ2) is 10.2. The van der Waals surface area contributed by atoms with Gasteiger partial charge in [-0.05, 0) is 58.9 Å². The van der Waals surface area contributed by atoms with Crippen LogP contribution in [0.5, 0.6) is 0 Å². The van der Waals surface area contributed by atoms with Crippen LogP contribution in [0.2, 0.25) is 5.02 Å². The van der Waals surface area contributed by atoms with Crippen molar-refractivity contribution in [2.75, 3.05) is 23.7 Å². The first-order valence-electron chi connectivity index (χ1n) is 9.46. The van der Waals surface area contributed by atoms with Crippen LogP contribution in [0, 0.1) is 6.92 Å². The molecule has 2 rings (SSSR count). The normalized spacial score (nSPS) is 12.1. The minimum atomic E-state index is 0.213. The summed E-state index contributed by atoms with van der Waals surface area (Å²) in [6.45, 7) is 12.4. The number of anilines is 2. The molecule has 1 heterocycles. The van der Waals surface area contributed by atoms with Crippen molar-refractivity contribution in [1.82, 2.24) is 14.9 Å². The van der Waals surface area contributed by atoms with Crippen molar-refractivity contribution in [2.24, 2.45) is 10.7 Å². The van der Waals surface area contributed by atoms with E-state index in [-0.39, 0.29) is 5.96 Å². The fourth-order valence-corrected chi connectivity index (χ4v) is 3.06. The first-order valence-corrected chi connectivity index (χ1v) is 9.84. The minimum absolute atomic E-state index is 0.213. The molecule has 0 saturated heterocycles. The van der Waals surface area contributed by atoms with Crippen molar-refractivity contribution < 1.29 is 0 Å². The van der Waals surface area contributed by atoms with E-state index in [2.05, 4.69) is 58.2 Å². The number of halogens is 1. The van der Waals surface area contributed by atoms with E-state index in [1.807, 2.05) is 25.1 Å². The molecule has 0 aliphatic carbocycles. The molecule has 0 radical (unpaired) electrons. The molecule has 0 fully saturated rings. The van der Waals surface area contributed by atoms with Gasteiger partial charge >= 0.3 is 0 Å². The molecule has 7 nitrogen and oxygen atoms in total. The summed E-state index contributed by atoms with van der Waals surface area (Å²) in [7, 11) is 0. The summed E-state index contributed by atoms with van der Waals surface area (Å²) in [5.74, 6) is 1.26. The number of rotatable bonds is 8. The third-order valence-corrected chi connectivity index (χ3v) is 4.43. The number of aryl methyl sites for hydroxylation is 1. The van der Waals surface area contributed by atoms with Crippen LogP contribution in [0.1, 0.15) is 33.4 Å². The molecular formula is C20H30ClN7. The van der Waals surface area contributed by atoms with Crippen LogP contribution in [0.4, 0.5) is 17.5 Å². The average molecular weight is 404 g/mol. The molecule has 0 amide bonds. The number of nitrogens with two attached hydrogens (primary N) is 1. The second-order valence-corrected chi connectivity index (χ2v) is 7.61.